The van der Waals surface area contributed by atoms with E-state index in [9.17, 15) is 4.79 Å². The van der Waals surface area contributed by atoms with Crippen LogP contribution in [0.2, 0.25) is 0 Å². The Bertz CT molecular complexity index is 391. The molecule has 1 aliphatic carbocycles. The Balaban J connectivity index is 2.41. The number of hydrogen-bond donors (Lipinski definition) is 0. The fraction of sp³-hybridized carbons (Fsp3) is 0.952. The molecule has 0 bridgehead atoms. The summed E-state index contributed by atoms with van der Waals surface area (Å²) in [6.07, 6.45) is 7.08. The average Bonchev–Trinajstić information content (AvgIpc) is 2.45. The van der Waals surface area contributed by atoms with Gasteiger partial charge < -0.3 is 9.47 Å². The first kappa shape index (κ1) is 21.6. The van der Waals surface area contributed by atoms with Gasteiger partial charge in [-0.1, -0.05) is 33.6 Å². The average molecular weight is 341 g/mol. The van der Waals surface area contributed by atoms with Crippen molar-refractivity contribution in [3.63, 3.8) is 0 Å². The number of Topliss-reactive ketones (excluding diaryl/α,β-unsaturated/α-hetero) is 1. The predicted octanol–water partition coefficient (Wildman–Crippen LogP) is 5.76. The molecule has 0 N–H and O–H groups in total. The van der Waals surface area contributed by atoms with Gasteiger partial charge in [-0.3, -0.25) is 4.79 Å². The van der Waals surface area contributed by atoms with E-state index in [1.807, 2.05) is 13.8 Å². The minimum absolute atomic E-state index is 0.145. The maximum atomic E-state index is 11.9. The van der Waals surface area contributed by atoms with Gasteiger partial charge in [0.1, 0.15) is 5.78 Å². The monoisotopic (exact) mass is 340 g/mol. The van der Waals surface area contributed by atoms with E-state index in [1.54, 1.807) is 0 Å². The molecule has 0 radical (unpaired) electrons. The Hall–Kier alpha value is -0.410. The minimum atomic E-state index is -0.151. The highest BCUT2D eigenvalue weighted by Crippen LogP contribution is 2.45. The molecule has 0 aliphatic heterocycles. The third kappa shape index (κ3) is 6.84. The molecule has 0 aromatic carbocycles. The van der Waals surface area contributed by atoms with Crippen molar-refractivity contribution in [2.24, 2.45) is 17.3 Å². The van der Waals surface area contributed by atoms with Crippen molar-refractivity contribution in [2.75, 3.05) is 6.61 Å². The summed E-state index contributed by atoms with van der Waals surface area (Å²) in [5.41, 5.74) is 0.0481. The molecule has 3 heteroatoms. The zero-order valence-corrected chi connectivity index (χ0v) is 17.1. The third-order valence-electron chi connectivity index (χ3n) is 6.08. The summed E-state index contributed by atoms with van der Waals surface area (Å²) in [6.45, 7) is 16.0. The molecule has 0 saturated heterocycles. The van der Waals surface area contributed by atoms with Crippen LogP contribution >= 0.6 is 0 Å². The van der Waals surface area contributed by atoms with E-state index in [-0.39, 0.29) is 17.3 Å². The summed E-state index contributed by atoms with van der Waals surface area (Å²) in [6, 6.07) is 0. The molecule has 0 aromatic rings. The molecule has 0 aromatic heterocycles. The van der Waals surface area contributed by atoms with Crippen LogP contribution in [0.4, 0.5) is 0 Å². The lowest BCUT2D eigenvalue weighted by molar-refractivity contribution is -0.191. The molecule has 1 rings (SSSR count). The van der Waals surface area contributed by atoms with Crippen molar-refractivity contribution >= 4 is 5.78 Å². The van der Waals surface area contributed by atoms with Gasteiger partial charge in [0.2, 0.25) is 0 Å². The topological polar surface area (TPSA) is 35.5 Å². The normalized spacial score (nSPS) is 26.2. The van der Waals surface area contributed by atoms with Crippen molar-refractivity contribution in [3.05, 3.63) is 0 Å². The Morgan fingerprint density at radius 3 is 2.50 bits per heavy atom. The highest BCUT2D eigenvalue weighted by Gasteiger charge is 2.38. The smallest absolute Gasteiger partial charge is 0.155 e. The van der Waals surface area contributed by atoms with Crippen LogP contribution in [-0.2, 0) is 14.3 Å². The molecule has 1 unspecified atom stereocenters. The van der Waals surface area contributed by atoms with Gasteiger partial charge in [-0.15, -0.1) is 0 Å². The number of carbonyl (C=O) groups is 1. The standard InChI is InChI=1S/C21H40O3/c1-8-23-18(4)24-20(5,6)13-9-11-16(2)17(3)21(7)14-10-12-19(22)15-21/h16-18H,8-15H2,1-7H3/t16-,17-,18?,21-/m0/s1. The first-order chi connectivity index (χ1) is 11.1. The summed E-state index contributed by atoms with van der Waals surface area (Å²) in [5.74, 6) is 1.69. The van der Waals surface area contributed by atoms with Crippen LogP contribution in [0.5, 0.6) is 0 Å². The molecule has 0 spiro atoms. The van der Waals surface area contributed by atoms with Crippen LogP contribution in [-0.4, -0.2) is 24.3 Å². The summed E-state index contributed by atoms with van der Waals surface area (Å²) < 4.78 is 11.5. The molecular formula is C21H40O3. The molecule has 24 heavy (non-hydrogen) atoms. The largest absolute Gasteiger partial charge is 0.353 e. The molecule has 0 amide bonds. The zero-order chi connectivity index (χ0) is 18.4. The van der Waals surface area contributed by atoms with Gasteiger partial charge in [-0.25, -0.2) is 0 Å². The van der Waals surface area contributed by atoms with Crippen molar-refractivity contribution in [2.45, 2.75) is 105 Å². The van der Waals surface area contributed by atoms with Crippen LogP contribution in [0.25, 0.3) is 0 Å². The van der Waals surface area contributed by atoms with E-state index >= 15 is 0 Å². The van der Waals surface area contributed by atoms with Crippen LogP contribution in [0.15, 0.2) is 0 Å². The van der Waals surface area contributed by atoms with Crippen LogP contribution in [0, 0.1) is 17.3 Å². The van der Waals surface area contributed by atoms with E-state index in [0.717, 1.165) is 32.1 Å². The molecule has 1 fully saturated rings. The van der Waals surface area contributed by atoms with Crippen molar-refractivity contribution in [3.8, 4) is 0 Å². The maximum Gasteiger partial charge on any atom is 0.155 e. The Morgan fingerprint density at radius 2 is 1.92 bits per heavy atom. The second-order valence-electron chi connectivity index (χ2n) is 8.78. The van der Waals surface area contributed by atoms with Crippen LogP contribution < -0.4 is 0 Å². The van der Waals surface area contributed by atoms with E-state index < -0.39 is 0 Å². The molecule has 3 nitrogen and oxygen atoms in total. The molecule has 142 valence electrons. The first-order valence-corrected chi connectivity index (χ1v) is 9.91. The van der Waals surface area contributed by atoms with E-state index in [2.05, 4.69) is 34.6 Å². The highest BCUT2D eigenvalue weighted by molar-refractivity contribution is 5.79. The third-order valence-corrected chi connectivity index (χ3v) is 6.08. The maximum absolute atomic E-state index is 11.9. The van der Waals surface area contributed by atoms with Gasteiger partial charge in [0.25, 0.3) is 0 Å². The molecular weight excluding hydrogens is 300 g/mol. The Labute approximate surface area is 149 Å². The lowest BCUT2D eigenvalue weighted by Gasteiger charge is -2.41. The van der Waals surface area contributed by atoms with Gasteiger partial charge in [-0.05, 0) is 64.2 Å². The predicted molar refractivity (Wildman–Crippen MR) is 100 cm³/mol. The number of ether oxygens (including phenoxy) is 2. The van der Waals surface area contributed by atoms with Gasteiger partial charge in [0.05, 0.1) is 5.60 Å². The molecule has 1 saturated carbocycles. The summed E-state index contributed by atoms with van der Waals surface area (Å²) >= 11 is 0. The Kier molecular flexibility index (Phi) is 8.41. The summed E-state index contributed by atoms with van der Waals surface area (Å²) in [7, 11) is 0. The van der Waals surface area contributed by atoms with Gasteiger partial charge in [0.15, 0.2) is 6.29 Å². The number of carbonyl (C=O) groups excluding carboxylic acids is 1. The fourth-order valence-electron chi connectivity index (χ4n) is 4.27. The van der Waals surface area contributed by atoms with Crippen LogP contribution in [0.1, 0.15) is 93.4 Å². The van der Waals surface area contributed by atoms with Crippen molar-refractivity contribution in [1.29, 1.82) is 0 Å². The fourth-order valence-corrected chi connectivity index (χ4v) is 4.27. The van der Waals surface area contributed by atoms with Crippen LogP contribution in [0.3, 0.4) is 0 Å². The first-order valence-electron chi connectivity index (χ1n) is 9.91. The second-order valence-corrected chi connectivity index (χ2v) is 8.78. The molecule has 0 heterocycles. The quantitative estimate of drug-likeness (QED) is 0.475. The van der Waals surface area contributed by atoms with Gasteiger partial charge in [0, 0.05) is 19.4 Å². The van der Waals surface area contributed by atoms with Gasteiger partial charge >= 0.3 is 0 Å². The summed E-state index contributed by atoms with van der Waals surface area (Å²) in [4.78, 5) is 11.9. The second kappa shape index (κ2) is 9.33. The van der Waals surface area contributed by atoms with E-state index in [0.29, 0.717) is 24.2 Å². The van der Waals surface area contributed by atoms with E-state index in [4.69, 9.17) is 9.47 Å². The number of hydrogen-bond acceptors (Lipinski definition) is 3. The number of ketones is 1. The lowest BCUT2D eigenvalue weighted by atomic mass is 9.63. The van der Waals surface area contributed by atoms with Crippen molar-refractivity contribution < 1.29 is 14.3 Å². The van der Waals surface area contributed by atoms with E-state index in [1.165, 1.54) is 12.8 Å². The molecule has 4 atom stereocenters. The highest BCUT2D eigenvalue weighted by atomic mass is 16.7. The Morgan fingerprint density at radius 1 is 1.25 bits per heavy atom. The minimum Gasteiger partial charge on any atom is -0.353 e. The number of rotatable bonds is 10. The lowest BCUT2D eigenvalue weighted by Crippen LogP contribution is -2.35. The summed E-state index contributed by atoms with van der Waals surface area (Å²) in [5, 5.41) is 0. The van der Waals surface area contributed by atoms with Crippen molar-refractivity contribution in [1.82, 2.24) is 0 Å². The zero-order valence-electron chi connectivity index (χ0n) is 17.1. The van der Waals surface area contributed by atoms with Gasteiger partial charge in [-0.2, -0.15) is 0 Å². The SMILES string of the molecule is CCOC(C)OC(C)(C)CCC[C@H](C)[C@H](C)[C@@]1(C)CCCC(=O)C1. The molecule has 1 aliphatic rings.